The summed E-state index contributed by atoms with van der Waals surface area (Å²) in [4.78, 5) is 4.07. The Labute approximate surface area is 104 Å². The van der Waals surface area contributed by atoms with Gasteiger partial charge in [-0.3, -0.25) is 0 Å². The molecule has 0 spiro atoms. The summed E-state index contributed by atoms with van der Waals surface area (Å²) in [5, 5.41) is 4.31. The van der Waals surface area contributed by atoms with Crippen molar-refractivity contribution in [1.29, 1.82) is 0 Å². The molecular formula is C12H12ClFN2O. The van der Waals surface area contributed by atoms with Gasteiger partial charge in [0, 0.05) is 17.9 Å². The molecule has 3 nitrogen and oxygen atoms in total. The van der Waals surface area contributed by atoms with Crippen LogP contribution in [0.4, 0.5) is 4.39 Å². The first-order valence-electron chi connectivity index (χ1n) is 5.40. The van der Waals surface area contributed by atoms with Crippen molar-refractivity contribution < 1.29 is 8.91 Å². The van der Waals surface area contributed by atoms with E-state index in [1.54, 1.807) is 24.3 Å². The van der Waals surface area contributed by atoms with Crippen LogP contribution in [-0.4, -0.2) is 10.1 Å². The zero-order chi connectivity index (χ0) is 12.3. The summed E-state index contributed by atoms with van der Waals surface area (Å²) in [6.45, 7) is 1.91. The first kappa shape index (κ1) is 12.0. The van der Waals surface area contributed by atoms with Crippen LogP contribution in [0.5, 0.6) is 0 Å². The van der Waals surface area contributed by atoms with E-state index in [9.17, 15) is 4.39 Å². The largest absolute Gasteiger partial charge is 0.339 e. The second-order valence-corrected chi connectivity index (χ2v) is 4.12. The summed E-state index contributed by atoms with van der Waals surface area (Å²) >= 11 is 5.74. The summed E-state index contributed by atoms with van der Waals surface area (Å²) < 4.78 is 18.8. The molecule has 5 heteroatoms. The van der Waals surface area contributed by atoms with Gasteiger partial charge < -0.3 is 4.52 Å². The Morgan fingerprint density at radius 2 is 2.06 bits per heavy atom. The van der Waals surface area contributed by atoms with E-state index in [0.29, 0.717) is 28.7 Å². The van der Waals surface area contributed by atoms with Crippen molar-refractivity contribution in [2.75, 3.05) is 0 Å². The van der Waals surface area contributed by atoms with Gasteiger partial charge in [-0.1, -0.05) is 35.8 Å². The molecule has 0 amide bonds. The number of hydrogen-bond acceptors (Lipinski definition) is 3. The van der Waals surface area contributed by atoms with Gasteiger partial charge in [0.05, 0.1) is 0 Å². The van der Waals surface area contributed by atoms with Crippen molar-refractivity contribution in [3.63, 3.8) is 0 Å². The number of benzene rings is 1. The van der Waals surface area contributed by atoms with Crippen LogP contribution in [0.15, 0.2) is 28.8 Å². The van der Waals surface area contributed by atoms with E-state index in [0.717, 1.165) is 0 Å². The highest BCUT2D eigenvalue weighted by Crippen LogP contribution is 2.22. The zero-order valence-corrected chi connectivity index (χ0v) is 10.1. The summed E-state index contributed by atoms with van der Waals surface area (Å²) in [6, 6.07) is 6.65. The Balaban J connectivity index is 2.05. The van der Waals surface area contributed by atoms with E-state index in [2.05, 4.69) is 10.1 Å². The van der Waals surface area contributed by atoms with Gasteiger partial charge in [0.15, 0.2) is 5.82 Å². The SMILES string of the molecule is CCc1nc(CC(F)c2ccc(Cl)cc2)no1. The monoisotopic (exact) mass is 254 g/mol. The van der Waals surface area contributed by atoms with E-state index in [1.807, 2.05) is 6.92 Å². The van der Waals surface area contributed by atoms with Gasteiger partial charge in [0.2, 0.25) is 5.89 Å². The smallest absolute Gasteiger partial charge is 0.226 e. The Bertz CT molecular complexity index is 484. The highest BCUT2D eigenvalue weighted by molar-refractivity contribution is 6.30. The van der Waals surface area contributed by atoms with E-state index >= 15 is 0 Å². The fourth-order valence-corrected chi connectivity index (χ4v) is 1.59. The molecule has 1 atom stereocenters. The topological polar surface area (TPSA) is 38.9 Å². The van der Waals surface area contributed by atoms with Crippen molar-refractivity contribution in [1.82, 2.24) is 10.1 Å². The van der Waals surface area contributed by atoms with Gasteiger partial charge in [-0.25, -0.2) is 4.39 Å². The van der Waals surface area contributed by atoms with Crippen LogP contribution < -0.4 is 0 Å². The van der Waals surface area contributed by atoms with E-state index in [1.165, 1.54) is 0 Å². The summed E-state index contributed by atoms with van der Waals surface area (Å²) in [7, 11) is 0. The Morgan fingerprint density at radius 1 is 1.35 bits per heavy atom. The third-order valence-corrected chi connectivity index (χ3v) is 2.66. The van der Waals surface area contributed by atoms with Crippen LogP contribution in [0.1, 0.15) is 30.4 Å². The fourth-order valence-electron chi connectivity index (χ4n) is 1.47. The maximum Gasteiger partial charge on any atom is 0.226 e. The molecule has 0 aliphatic carbocycles. The third-order valence-electron chi connectivity index (χ3n) is 2.41. The second-order valence-electron chi connectivity index (χ2n) is 3.68. The molecule has 0 saturated carbocycles. The average Bonchev–Trinajstić information content (AvgIpc) is 2.77. The summed E-state index contributed by atoms with van der Waals surface area (Å²) in [5.74, 6) is 0.924. The first-order valence-corrected chi connectivity index (χ1v) is 5.78. The molecule has 2 aromatic rings. The number of alkyl halides is 1. The molecule has 1 aromatic carbocycles. The van der Waals surface area contributed by atoms with Crippen LogP contribution in [0.25, 0.3) is 0 Å². The number of halogens is 2. The molecule has 1 heterocycles. The fraction of sp³-hybridized carbons (Fsp3) is 0.333. The number of nitrogens with zero attached hydrogens (tertiary/aromatic N) is 2. The molecule has 0 radical (unpaired) electrons. The molecule has 1 aromatic heterocycles. The van der Waals surface area contributed by atoms with Crippen molar-refractivity contribution in [3.05, 3.63) is 46.6 Å². The van der Waals surface area contributed by atoms with Gasteiger partial charge in [0.25, 0.3) is 0 Å². The minimum atomic E-state index is -1.14. The van der Waals surface area contributed by atoms with Crippen molar-refractivity contribution in [2.45, 2.75) is 25.9 Å². The minimum absolute atomic E-state index is 0.116. The van der Waals surface area contributed by atoms with Gasteiger partial charge in [-0.2, -0.15) is 4.98 Å². The average molecular weight is 255 g/mol. The van der Waals surface area contributed by atoms with Crippen LogP contribution in [0.3, 0.4) is 0 Å². The normalized spacial score (nSPS) is 12.6. The van der Waals surface area contributed by atoms with E-state index in [4.69, 9.17) is 16.1 Å². The van der Waals surface area contributed by atoms with Crippen LogP contribution in [0.2, 0.25) is 5.02 Å². The molecule has 0 fully saturated rings. The lowest BCUT2D eigenvalue weighted by Gasteiger charge is -2.05. The molecule has 0 bridgehead atoms. The lowest BCUT2D eigenvalue weighted by atomic mass is 10.1. The minimum Gasteiger partial charge on any atom is -0.339 e. The van der Waals surface area contributed by atoms with Crippen molar-refractivity contribution >= 4 is 11.6 Å². The number of hydrogen-bond donors (Lipinski definition) is 0. The molecule has 0 aliphatic rings. The number of rotatable bonds is 4. The van der Waals surface area contributed by atoms with Gasteiger partial charge in [-0.15, -0.1) is 0 Å². The van der Waals surface area contributed by atoms with Crippen molar-refractivity contribution in [3.8, 4) is 0 Å². The highest BCUT2D eigenvalue weighted by atomic mass is 35.5. The number of aryl methyl sites for hydroxylation is 1. The van der Waals surface area contributed by atoms with Crippen LogP contribution in [0, 0.1) is 0 Å². The first-order chi connectivity index (χ1) is 8.19. The Hall–Kier alpha value is -1.42. The van der Waals surface area contributed by atoms with Crippen molar-refractivity contribution in [2.24, 2.45) is 0 Å². The van der Waals surface area contributed by atoms with Crippen LogP contribution in [-0.2, 0) is 12.8 Å². The Kier molecular flexibility index (Phi) is 3.74. The van der Waals surface area contributed by atoms with Gasteiger partial charge in [0.1, 0.15) is 6.17 Å². The number of aromatic nitrogens is 2. The van der Waals surface area contributed by atoms with Gasteiger partial charge in [-0.05, 0) is 17.7 Å². The third kappa shape index (κ3) is 3.03. The maximum absolute atomic E-state index is 13.9. The summed E-state index contributed by atoms with van der Waals surface area (Å²) in [5.41, 5.74) is 0.567. The molecule has 1 unspecified atom stereocenters. The lowest BCUT2D eigenvalue weighted by Crippen LogP contribution is -1.98. The quantitative estimate of drug-likeness (QED) is 0.838. The molecule has 0 aliphatic heterocycles. The Morgan fingerprint density at radius 3 is 2.65 bits per heavy atom. The molecule has 17 heavy (non-hydrogen) atoms. The zero-order valence-electron chi connectivity index (χ0n) is 9.36. The molecule has 2 rings (SSSR count). The predicted octanol–water partition coefficient (Wildman–Crippen LogP) is 3.54. The van der Waals surface area contributed by atoms with Gasteiger partial charge >= 0.3 is 0 Å². The standard InChI is InChI=1S/C12H12ClFN2O/c1-2-12-15-11(16-17-12)7-10(14)8-3-5-9(13)6-4-8/h3-6,10H,2,7H2,1H3. The molecule has 0 N–H and O–H groups in total. The van der Waals surface area contributed by atoms with E-state index < -0.39 is 6.17 Å². The van der Waals surface area contributed by atoms with Crippen LogP contribution >= 0.6 is 11.6 Å². The molecular weight excluding hydrogens is 243 g/mol. The molecule has 0 saturated heterocycles. The summed E-state index contributed by atoms with van der Waals surface area (Å²) in [6.07, 6.45) is -0.370. The lowest BCUT2D eigenvalue weighted by molar-refractivity contribution is 0.326. The second kappa shape index (κ2) is 5.27. The molecule has 90 valence electrons. The predicted molar refractivity (Wildman–Crippen MR) is 62.7 cm³/mol. The van der Waals surface area contributed by atoms with E-state index in [-0.39, 0.29) is 6.42 Å². The maximum atomic E-state index is 13.9. The highest BCUT2D eigenvalue weighted by Gasteiger charge is 2.14.